The highest BCUT2D eigenvalue weighted by Crippen LogP contribution is 2.07. The molecule has 0 aromatic rings. The molecule has 0 unspecified atom stereocenters. The lowest BCUT2D eigenvalue weighted by Crippen LogP contribution is -2.34. The van der Waals surface area contributed by atoms with Gasteiger partial charge >= 0.3 is 5.97 Å². The predicted octanol–water partition coefficient (Wildman–Crippen LogP) is 1.17. The van der Waals surface area contributed by atoms with Crippen molar-refractivity contribution in [1.82, 2.24) is 4.31 Å². The number of esters is 1. The second-order valence-electron chi connectivity index (χ2n) is 3.88. The molecule has 0 N–H and O–H groups in total. The van der Waals surface area contributed by atoms with Crippen molar-refractivity contribution in [2.75, 3.05) is 26.0 Å². The van der Waals surface area contributed by atoms with Crippen LogP contribution in [-0.4, -0.2) is 44.6 Å². The number of carbonyl (C=O) groups excluding carboxylic acids is 1. The van der Waals surface area contributed by atoms with Crippen molar-refractivity contribution in [2.24, 2.45) is 0 Å². The SMILES string of the molecule is C=C(C)CN(CC)S(=O)(=O)CCCC(=O)OC. The van der Waals surface area contributed by atoms with Crippen molar-refractivity contribution in [3.05, 3.63) is 12.2 Å². The molecule has 0 heterocycles. The van der Waals surface area contributed by atoms with E-state index in [0.717, 1.165) is 5.57 Å². The third-order valence-electron chi connectivity index (χ3n) is 2.20. The summed E-state index contributed by atoms with van der Waals surface area (Å²) in [5.41, 5.74) is 0.795. The highest BCUT2D eigenvalue weighted by Gasteiger charge is 2.20. The lowest BCUT2D eigenvalue weighted by molar-refractivity contribution is -0.140. The zero-order valence-corrected chi connectivity index (χ0v) is 11.5. The van der Waals surface area contributed by atoms with Crippen molar-refractivity contribution >= 4 is 16.0 Å². The van der Waals surface area contributed by atoms with Crippen molar-refractivity contribution < 1.29 is 17.9 Å². The van der Waals surface area contributed by atoms with E-state index in [4.69, 9.17) is 0 Å². The van der Waals surface area contributed by atoms with Crippen LogP contribution < -0.4 is 0 Å². The number of methoxy groups -OCH3 is 1. The van der Waals surface area contributed by atoms with Gasteiger partial charge < -0.3 is 4.74 Å². The normalized spacial score (nSPS) is 11.5. The fraction of sp³-hybridized carbons (Fsp3) is 0.727. The Balaban J connectivity index is 4.34. The van der Waals surface area contributed by atoms with Crippen molar-refractivity contribution in [3.8, 4) is 0 Å². The van der Waals surface area contributed by atoms with Crippen LogP contribution in [0.15, 0.2) is 12.2 Å². The first-order chi connectivity index (χ1) is 7.83. The van der Waals surface area contributed by atoms with E-state index in [1.165, 1.54) is 11.4 Å². The molecule has 0 radical (unpaired) electrons. The summed E-state index contributed by atoms with van der Waals surface area (Å²) >= 11 is 0. The largest absolute Gasteiger partial charge is 0.469 e. The summed E-state index contributed by atoms with van der Waals surface area (Å²) in [6.07, 6.45) is 0.405. The van der Waals surface area contributed by atoms with Gasteiger partial charge in [0, 0.05) is 19.5 Å². The highest BCUT2D eigenvalue weighted by atomic mass is 32.2. The van der Waals surface area contributed by atoms with Crippen LogP contribution in [0.3, 0.4) is 0 Å². The van der Waals surface area contributed by atoms with Gasteiger partial charge in [0.15, 0.2) is 0 Å². The molecule has 0 rings (SSSR count). The van der Waals surface area contributed by atoms with Crippen molar-refractivity contribution in [2.45, 2.75) is 26.7 Å². The lowest BCUT2D eigenvalue weighted by Gasteiger charge is -2.20. The quantitative estimate of drug-likeness (QED) is 0.487. The first kappa shape index (κ1) is 16.1. The number of likely N-dealkylation sites (N-methyl/N-ethyl adjacent to an activating group) is 1. The minimum absolute atomic E-state index is 0.0385. The number of nitrogens with zero attached hydrogens (tertiary/aromatic N) is 1. The number of carbonyl (C=O) groups is 1. The van der Waals surface area contributed by atoms with E-state index in [0.29, 0.717) is 13.1 Å². The van der Waals surface area contributed by atoms with E-state index < -0.39 is 10.0 Å². The van der Waals surface area contributed by atoms with E-state index in [2.05, 4.69) is 11.3 Å². The fourth-order valence-corrected chi connectivity index (χ4v) is 2.92. The molecule has 5 nitrogen and oxygen atoms in total. The summed E-state index contributed by atoms with van der Waals surface area (Å²) in [4.78, 5) is 10.9. The van der Waals surface area contributed by atoms with Crippen molar-refractivity contribution in [1.29, 1.82) is 0 Å². The van der Waals surface area contributed by atoms with Crippen LogP contribution >= 0.6 is 0 Å². The Morgan fingerprint density at radius 2 is 2.00 bits per heavy atom. The van der Waals surface area contributed by atoms with E-state index in [1.807, 2.05) is 0 Å². The van der Waals surface area contributed by atoms with Gasteiger partial charge in [-0.3, -0.25) is 4.79 Å². The Morgan fingerprint density at radius 3 is 2.41 bits per heavy atom. The average Bonchev–Trinajstić information content (AvgIpc) is 2.24. The molecule has 0 aliphatic heterocycles. The van der Waals surface area contributed by atoms with Gasteiger partial charge in [-0.2, -0.15) is 4.31 Å². The van der Waals surface area contributed by atoms with Gasteiger partial charge in [0.2, 0.25) is 10.0 Å². The molecule has 0 amide bonds. The van der Waals surface area contributed by atoms with Gasteiger partial charge in [-0.25, -0.2) is 8.42 Å². The summed E-state index contributed by atoms with van der Waals surface area (Å²) in [5.74, 6) is -0.424. The molecule has 0 saturated carbocycles. The molecule has 0 aromatic carbocycles. The summed E-state index contributed by atoms with van der Waals surface area (Å²) < 4.78 is 29.6. The van der Waals surface area contributed by atoms with Crippen LogP contribution in [0.2, 0.25) is 0 Å². The summed E-state index contributed by atoms with van der Waals surface area (Å²) in [5, 5.41) is 0. The molecule has 0 bridgehead atoms. The summed E-state index contributed by atoms with van der Waals surface area (Å²) in [6.45, 7) is 8.00. The minimum Gasteiger partial charge on any atom is -0.469 e. The molecule has 100 valence electrons. The molecule has 0 atom stereocenters. The second kappa shape index (κ2) is 7.45. The van der Waals surface area contributed by atoms with Gasteiger partial charge in [0.05, 0.1) is 12.9 Å². The summed E-state index contributed by atoms with van der Waals surface area (Å²) in [6, 6.07) is 0. The molecule has 17 heavy (non-hydrogen) atoms. The van der Waals surface area contributed by atoms with Gasteiger partial charge in [0.1, 0.15) is 0 Å². The number of hydrogen-bond donors (Lipinski definition) is 0. The van der Waals surface area contributed by atoms with Gasteiger partial charge in [-0.1, -0.05) is 19.1 Å². The molecule has 0 aliphatic rings. The number of rotatable bonds is 8. The highest BCUT2D eigenvalue weighted by molar-refractivity contribution is 7.89. The molecule has 0 aromatic heterocycles. The monoisotopic (exact) mass is 263 g/mol. The Morgan fingerprint density at radius 1 is 1.41 bits per heavy atom. The van der Waals surface area contributed by atoms with Crippen molar-refractivity contribution in [3.63, 3.8) is 0 Å². The zero-order valence-electron chi connectivity index (χ0n) is 10.7. The van der Waals surface area contributed by atoms with Crippen LogP contribution in [0.4, 0.5) is 0 Å². The Hall–Kier alpha value is -0.880. The first-order valence-corrected chi connectivity index (χ1v) is 7.13. The second-order valence-corrected chi connectivity index (χ2v) is 5.97. The molecule has 6 heteroatoms. The number of ether oxygens (including phenoxy) is 1. The van der Waals surface area contributed by atoms with E-state index in [9.17, 15) is 13.2 Å². The topological polar surface area (TPSA) is 63.7 Å². The first-order valence-electron chi connectivity index (χ1n) is 5.52. The van der Waals surface area contributed by atoms with Crippen LogP contribution in [0, 0.1) is 0 Å². The van der Waals surface area contributed by atoms with Crippen LogP contribution in [0.5, 0.6) is 0 Å². The maximum Gasteiger partial charge on any atom is 0.305 e. The van der Waals surface area contributed by atoms with E-state index in [1.54, 1.807) is 13.8 Å². The number of hydrogen-bond acceptors (Lipinski definition) is 4. The third-order valence-corrected chi connectivity index (χ3v) is 4.18. The fourth-order valence-electron chi connectivity index (χ4n) is 1.34. The molecule has 0 aliphatic carbocycles. The summed E-state index contributed by atoms with van der Waals surface area (Å²) in [7, 11) is -2.02. The van der Waals surface area contributed by atoms with E-state index >= 15 is 0 Å². The molecular weight excluding hydrogens is 242 g/mol. The predicted molar refractivity (Wildman–Crippen MR) is 67.1 cm³/mol. The lowest BCUT2D eigenvalue weighted by atomic mass is 10.3. The van der Waals surface area contributed by atoms with Gasteiger partial charge in [-0.15, -0.1) is 0 Å². The van der Waals surface area contributed by atoms with E-state index in [-0.39, 0.29) is 24.6 Å². The molecular formula is C11H21NO4S. The smallest absolute Gasteiger partial charge is 0.305 e. The maximum absolute atomic E-state index is 11.9. The third kappa shape index (κ3) is 6.43. The molecule has 0 fully saturated rings. The Labute approximate surface area is 103 Å². The molecule has 0 saturated heterocycles. The van der Waals surface area contributed by atoms with Crippen LogP contribution in [0.1, 0.15) is 26.7 Å². The van der Waals surface area contributed by atoms with Crippen LogP contribution in [-0.2, 0) is 19.6 Å². The standard InChI is InChI=1S/C11H21NO4S/c1-5-12(9-10(2)3)17(14,15)8-6-7-11(13)16-4/h2,5-9H2,1,3-4H3. The maximum atomic E-state index is 11.9. The zero-order chi connectivity index (χ0) is 13.5. The van der Waals surface area contributed by atoms with Gasteiger partial charge in [0.25, 0.3) is 0 Å². The number of sulfonamides is 1. The van der Waals surface area contributed by atoms with Crippen LogP contribution in [0.25, 0.3) is 0 Å². The molecule has 0 spiro atoms. The minimum atomic E-state index is -3.31. The Kier molecular flexibility index (Phi) is 7.06. The Bertz CT molecular complexity index is 362. The van der Waals surface area contributed by atoms with Gasteiger partial charge in [-0.05, 0) is 13.3 Å². The average molecular weight is 263 g/mol.